The molecule has 2 rings (SSSR count). The van der Waals surface area contributed by atoms with Crippen LogP contribution in [0.25, 0.3) is 0 Å². The summed E-state index contributed by atoms with van der Waals surface area (Å²) in [4.78, 5) is 0. The molecule has 0 N–H and O–H groups in total. The number of fused-ring (bicyclic) bond motifs is 1. The van der Waals surface area contributed by atoms with Crippen LogP contribution in [0.15, 0.2) is 23.8 Å². The van der Waals surface area contributed by atoms with E-state index < -0.39 is 0 Å². The third-order valence-corrected chi connectivity index (χ3v) is 3.62. The van der Waals surface area contributed by atoms with Gasteiger partial charge in [-0.05, 0) is 25.7 Å². The number of allylic oxidation sites excluding steroid dienone is 2. The summed E-state index contributed by atoms with van der Waals surface area (Å²) < 4.78 is 5.71. The van der Waals surface area contributed by atoms with Gasteiger partial charge in [0.2, 0.25) is 0 Å². The summed E-state index contributed by atoms with van der Waals surface area (Å²) in [5, 5.41) is 0. The summed E-state index contributed by atoms with van der Waals surface area (Å²) in [6.07, 6.45) is 11.7. The average molecular weight is 178 g/mol. The van der Waals surface area contributed by atoms with Gasteiger partial charge in [0, 0.05) is 13.0 Å². The van der Waals surface area contributed by atoms with Crippen molar-refractivity contribution in [3.63, 3.8) is 0 Å². The molecule has 13 heavy (non-hydrogen) atoms. The van der Waals surface area contributed by atoms with Gasteiger partial charge in [0.1, 0.15) is 0 Å². The Morgan fingerprint density at radius 2 is 2.46 bits per heavy atom. The summed E-state index contributed by atoms with van der Waals surface area (Å²) in [6.45, 7) is 2.22. The van der Waals surface area contributed by atoms with Crippen molar-refractivity contribution in [3.05, 3.63) is 23.8 Å². The molecule has 72 valence electrons. The van der Waals surface area contributed by atoms with Crippen molar-refractivity contribution in [2.75, 3.05) is 7.11 Å². The lowest BCUT2D eigenvalue weighted by Crippen LogP contribution is -2.38. The van der Waals surface area contributed by atoms with Crippen LogP contribution in [0.3, 0.4) is 0 Å². The van der Waals surface area contributed by atoms with Crippen LogP contribution in [-0.4, -0.2) is 12.7 Å². The summed E-state index contributed by atoms with van der Waals surface area (Å²) in [6, 6.07) is 0. The molecular weight excluding hydrogens is 160 g/mol. The van der Waals surface area contributed by atoms with E-state index in [1.54, 1.807) is 5.57 Å². The Balaban J connectivity index is 2.30. The molecule has 0 radical (unpaired) electrons. The van der Waals surface area contributed by atoms with Gasteiger partial charge in [-0.25, -0.2) is 0 Å². The van der Waals surface area contributed by atoms with Gasteiger partial charge in [-0.3, -0.25) is 0 Å². The van der Waals surface area contributed by atoms with Crippen molar-refractivity contribution >= 4 is 0 Å². The van der Waals surface area contributed by atoms with Gasteiger partial charge < -0.3 is 4.74 Å². The van der Waals surface area contributed by atoms with Crippen LogP contribution in [-0.2, 0) is 4.74 Å². The quantitative estimate of drug-likeness (QED) is 0.631. The predicted molar refractivity (Wildman–Crippen MR) is 54.6 cm³/mol. The van der Waals surface area contributed by atoms with Gasteiger partial charge >= 0.3 is 0 Å². The molecule has 2 aliphatic rings. The van der Waals surface area contributed by atoms with Gasteiger partial charge in [-0.2, -0.15) is 0 Å². The molecule has 2 aliphatic carbocycles. The van der Waals surface area contributed by atoms with E-state index >= 15 is 0 Å². The Morgan fingerprint density at radius 1 is 1.62 bits per heavy atom. The molecule has 0 aromatic heterocycles. The van der Waals surface area contributed by atoms with E-state index in [0.717, 1.165) is 6.42 Å². The molecule has 0 bridgehead atoms. The smallest absolute Gasteiger partial charge is 0.0924 e. The number of methoxy groups -OCH3 is 1. The van der Waals surface area contributed by atoms with Crippen LogP contribution in [0, 0.1) is 5.92 Å². The molecule has 1 fully saturated rings. The van der Waals surface area contributed by atoms with E-state index in [2.05, 4.69) is 25.2 Å². The van der Waals surface area contributed by atoms with Crippen LogP contribution in [0.4, 0.5) is 0 Å². The lowest BCUT2D eigenvalue weighted by molar-refractivity contribution is -0.00837. The first-order valence-corrected chi connectivity index (χ1v) is 5.26. The maximum Gasteiger partial charge on any atom is 0.0924 e. The van der Waals surface area contributed by atoms with Crippen molar-refractivity contribution in [1.29, 1.82) is 0 Å². The van der Waals surface area contributed by atoms with Crippen molar-refractivity contribution < 1.29 is 4.74 Å². The fraction of sp³-hybridized carbons (Fsp3) is 0.667. The van der Waals surface area contributed by atoms with Crippen LogP contribution in [0.1, 0.15) is 32.6 Å². The Bertz CT molecular complexity index is 246. The van der Waals surface area contributed by atoms with Crippen molar-refractivity contribution in [1.82, 2.24) is 0 Å². The minimum absolute atomic E-state index is 0.0145. The molecule has 0 spiro atoms. The molecule has 0 saturated heterocycles. The zero-order chi connectivity index (χ0) is 9.31. The second-order valence-electron chi connectivity index (χ2n) is 4.06. The Labute approximate surface area is 80.5 Å². The van der Waals surface area contributed by atoms with E-state index in [1.807, 2.05) is 7.11 Å². The highest BCUT2D eigenvalue weighted by atomic mass is 16.5. The van der Waals surface area contributed by atoms with Crippen molar-refractivity contribution in [3.8, 4) is 0 Å². The first-order chi connectivity index (χ1) is 6.32. The fourth-order valence-corrected chi connectivity index (χ4v) is 2.80. The first kappa shape index (κ1) is 9.01. The summed E-state index contributed by atoms with van der Waals surface area (Å²) in [7, 11) is 1.84. The Hall–Kier alpha value is -0.560. The van der Waals surface area contributed by atoms with Gasteiger partial charge in [-0.15, -0.1) is 0 Å². The minimum atomic E-state index is 0.0145. The zero-order valence-corrected chi connectivity index (χ0v) is 8.55. The van der Waals surface area contributed by atoms with Crippen LogP contribution in [0.5, 0.6) is 0 Å². The van der Waals surface area contributed by atoms with Crippen molar-refractivity contribution in [2.45, 2.75) is 38.2 Å². The lowest BCUT2D eigenvalue weighted by Gasteiger charge is -2.37. The Kier molecular flexibility index (Phi) is 2.29. The Morgan fingerprint density at radius 3 is 3.15 bits per heavy atom. The summed E-state index contributed by atoms with van der Waals surface area (Å²) in [5.74, 6) is 0.660. The van der Waals surface area contributed by atoms with Crippen LogP contribution in [0.2, 0.25) is 0 Å². The maximum absolute atomic E-state index is 5.71. The first-order valence-electron chi connectivity index (χ1n) is 5.26. The van der Waals surface area contributed by atoms with Gasteiger partial charge in [0.25, 0.3) is 0 Å². The number of rotatable bonds is 2. The minimum Gasteiger partial charge on any atom is -0.374 e. The monoisotopic (exact) mass is 178 g/mol. The molecule has 2 unspecified atom stereocenters. The predicted octanol–water partition coefficient (Wildman–Crippen LogP) is 3.08. The van der Waals surface area contributed by atoms with Gasteiger partial charge in [0.05, 0.1) is 5.60 Å². The SMILES string of the molecule is CCC1(OC)C=CC=C2CCCC21. The van der Waals surface area contributed by atoms with Gasteiger partial charge in [-0.1, -0.05) is 30.7 Å². The third-order valence-electron chi connectivity index (χ3n) is 3.62. The summed E-state index contributed by atoms with van der Waals surface area (Å²) in [5.41, 5.74) is 1.62. The molecule has 2 atom stereocenters. The van der Waals surface area contributed by atoms with E-state index in [-0.39, 0.29) is 5.60 Å². The van der Waals surface area contributed by atoms with E-state index in [4.69, 9.17) is 4.74 Å². The molecular formula is C12H18O. The zero-order valence-electron chi connectivity index (χ0n) is 8.55. The molecule has 1 saturated carbocycles. The highest BCUT2D eigenvalue weighted by molar-refractivity contribution is 5.31. The van der Waals surface area contributed by atoms with E-state index in [9.17, 15) is 0 Å². The molecule has 0 aromatic rings. The average Bonchev–Trinajstić information content (AvgIpc) is 2.65. The standard InChI is InChI=1S/C12H18O/c1-3-12(13-2)9-5-7-10-6-4-8-11(10)12/h5,7,9,11H,3-4,6,8H2,1-2H3. The second-order valence-corrected chi connectivity index (χ2v) is 4.06. The molecule has 1 nitrogen and oxygen atoms in total. The topological polar surface area (TPSA) is 9.23 Å². The van der Waals surface area contributed by atoms with Crippen LogP contribution >= 0.6 is 0 Å². The highest BCUT2D eigenvalue weighted by Crippen LogP contribution is 2.44. The second kappa shape index (κ2) is 3.30. The molecule has 0 aromatic carbocycles. The maximum atomic E-state index is 5.71. The van der Waals surface area contributed by atoms with E-state index in [1.165, 1.54) is 19.3 Å². The molecule has 1 heteroatoms. The molecule has 0 heterocycles. The molecule has 0 amide bonds. The fourth-order valence-electron chi connectivity index (χ4n) is 2.80. The normalized spacial score (nSPS) is 37.4. The lowest BCUT2D eigenvalue weighted by atomic mass is 9.78. The molecule has 0 aliphatic heterocycles. The van der Waals surface area contributed by atoms with Gasteiger partial charge in [0.15, 0.2) is 0 Å². The van der Waals surface area contributed by atoms with E-state index in [0.29, 0.717) is 5.92 Å². The highest BCUT2D eigenvalue weighted by Gasteiger charge is 2.40. The number of ether oxygens (including phenoxy) is 1. The summed E-state index contributed by atoms with van der Waals surface area (Å²) >= 11 is 0. The number of hydrogen-bond acceptors (Lipinski definition) is 1. The largest absolute Gasteiger partial charge is 0.374 e. The third kappa shape index (κ3) is 1.26. The number of hydrogen-bond donors (Lipinski definition) is 0. The van der Waals surface area contributed by atoms with Crippen LogP contribution < -0.4 is 0 Å². The van der Waals surface area contributed by atoms with Crippen molar-refractivity contribution in [2.24, 2.45) is 5.92 Å².